The monoisotopic (exact) mass is 585 g/mol. The van der Waals surface area contributed by atoms with Gasteiger partial charge < -0.3 is 18.8 Å². The van der Waals surface area contributed by atoms with E-state index in [0.717, 1.165) is 11.0 Å². The molecule has 10 nitrogen and oxygen atoms in total. The third kappa shape index (κ3) is 7.30. The first-order valence-corrected chi connectivity index (χ1v) is 14.7. The van der Waals surface area contributed by atoms with Crippen LogP contribution in [0, 0.1) is 11.7 Å². The maximum atomic E-state index is 16.2. The normalized spacial score (nSPS) is 24.0. The van der Waals surface area contributed by atoms with Gasteiger partial charge in [0, 0.05) is 55.4 Å². The Hall–Kier alpha value is -2.32. The second kappa shape index (κ2) is 13.1. The van der Waals surface area contributed by atoms with Gasteiger partial charge in [-0.3, -0.25) is 19.8 Å². The molecule has 3 aliphatic rings. The summed E-state index contributed by atoms with van der Waals surface area (Å²) in [5, 5.41) is 2.16. The summed E-state index contributed by atoms with van der Waals surface area (Å²) in [6.45, 7) is 6.80. The Bertz CT molecular complexity index is 1080. The molecule has 2 N–H and O–H groups in total. The van der Waals surface area contributed by atoms with Crippen molar-refractivity contribution >= 4 is 29.2 Å². The van der Waals surface area contributed by atoms with Gasteiger partial charge in [-0.15, -0.1) is 4.72 Å². The number of hydrogen-bond donors (Lipinski definition) is 2. The van der Waals surface area contributed by atoms with Crippen molar-refractivity contribution in [3.05, 3.63) is 29.6 Å². The highest BCUT2D eigenvalue weighted by atomic mass is 32.2. The highest BCUT2D eigenvalue weighted by Crippen LogP contribution is 2.34. The molecule has 0 saturated carbocycles. The number of imide groups is 2. The summed E-state index contributed by atoms with van der Waals surface area (Å²) in [5.74, 6) is -3.70. The van der Waals surface area contributed by atoms with E-state index >= 15 is 8.78 Å². The molecule has 4 atom stereocenters. The number of rotatable bonds is 9. The van der Waals surface area contributed by atoms with Crippen molar-refractivity contribution < 1.29 is 41.9 Å². The predicted molar refractivity (Wildman–Crippen MR) is 142 cm³/mol. The zero-order valence-corrected chi connectivity index (χ0v) is 23.8. The summed E-state index contributed by atoms with van der Waals surface area (Å²) in [5.41, 5.74) is -0.143. The number of amides is 4. The number of urea groups is 1. The van der Waals surface area contributed by atoms with E-state index in [0.29, 0.717) is 57.9 Å². The van der Waals surface area contributed by atoms with E-state index in [1.807, 2.05) is 0 Å². The van der Waals surface area contributed by atoms with Crippen LogP contribution in [0.1, 0.15) is 64.5 Å². The molecule has 3 saturated heterocycles. The van der Waals surface area contributed by atoms with Crippen molar-refractivity contribution in [3.8, 4) is 5.75 Å². The van der Waals surface area contributed by atoms with Gasteiger partial charge in [0.1, 0.15) is 40.5 Å². The largest absolute Gasteiger partial charge is 0.598 e. The van der Waals surface area contributed by atoms with Crippen molar-refractivity contribution in [2.24, 2.45) is 5.92 Å². The number of carbonyl (C=O) groups excluding carboxylic acids is 3. The number of benzene rings is 1. The average Bonchev–Trinajstić information content (AvgIpc) is 2.91. The molecular formula is C27H37F2N3O7S. The highest BCUT2D eigenvalue weighted by Gasteiger charge is 2.46. The molecule has 3 heterocycles. The third-order valence-corrected chi connectivity index (χ3v) is 8.82. The van der Waals surface area contributed by atoms with E-state index in [9.17, 15) is 18.9 Å². The van der Waals surface area contributed by atoms with Gasteiger partial charge in [-0.25, -0.2) is 13.6 Å². The molecule has 4 amide bonds. The van der Waals surface area contributed by atoms with Crippen LogP contribution in [-0.4, -0.2) is 76.8 Å². The fraction of sp³-hybridized carbons (Fsp3) is 0.667. The maximum Gasteiger partial charge on any atom is 0.331 e. The molecule has 1 aromatic rings. The molecule has 0 bridgehead atoms. The van der Waals surface area contributed by atoms with Crippen LogP contribution < -0.4 is 14.8 Å². The van der Waals surface area contributed by atoms with Gasteiger partial charge in [-0.1, -0.05) is 0 Å². The van der Waals surface area contributed by atoms with Crippen molar-refractivity contribution in [3.63, 3.8) is 0 Å². The first-order chi connectivity index (χ1) is 19.0. The molecule has 0 unspecified atom stereocenters. The third-order valence-electron chi connectivity index (χ3n) is 7.24. The molecule has 0 aromatic heterocycles. The maximum absolute atomic E-state index is 16.2. The molecule has 3 fully saturated rings. The second-order valence-electron chi connectivity index (χ2n) is 11.2. The Kier molecular flexibility index (Phi) is 10.0. The van der Waals surface area contributed by atoms with Crippen molar-refractivity contribution in [2.45, 2.75) is 82.0 Å². The minimum Gasteiger partial charge on any atom is -0.598 e. The number of halogens is 2. The standard InChI is InChI=1S/C27H37F2N3O7S/c1-27(2,3)40(36)31-23(19-14-18(4-5-21(19)28)39-17-8-12-38-13-9-17)22(29)15-20-24(33)30-26(35)32(25(20)34)16-6-10-37-11-7-16/h4-5,14,16-17,20,22-23,31H,6-13,15H2,1-3H3,(H,30,33,35)/t20-,22+,23+,40-/m1/s1. The van der Waals surface area contributed by atoms with Gasteiger partial charge >= 0.3 is 6.03 Å². The molecule has 222 valence electrons. The fourth-order valence-electron chi connectivity index (χ4n) is 4.94. The molecule has 4 rings (SSSR count). The Morgan fingerprint density at radius 1 is 1.12 bits per heavy atom. The van der Waals surface area contributed by atoms with Crippen LogP contribution in [0.5, 0.6) is 5.75 Å². The number of ether oxygens (including phenoxy) is 3. The van der Waals surface area contributed by atoms with Crippen LogP contribution in [0.15, 0.2) is 18.2 Å². The van der Waals surface area contributed by atoms with Crippen LogP contribution in [-0.2, 0) is 30.4 Å². The molecule has 0 aliphatic carbocycles. The zero-order chi connectivity index (χ0) is 29.0. The molecule has 13 heteroatoms. The highest BCUT2D eigenvalue weighted by molar-refractivity contribution is 7.90. The first-order valence-electron chi connectivity index (χ1n) is 13.6. The molecule has 3 aliphatic heterocycles. The van der Waals surface area contributed by atoms with Gasteiger partial charge in [0.25, 0.3) is 0 Å². The van der Waals surface area contributed by atoms with E-state index in [1.54, 1.807) is 20.8 Å². The average molecular weight is 586 g/mol. The lowest BCUT2D eigenvalue weighted by atomic mass is 9.90. The van der Waals surface area contributed by atoms with Crippen LogP contribution in [0.4, 0.5) is 13.6 Å². The molecule has 0 radical (unpaired) electrons. The van der Waals surface area contributed by atoms with Crippen LogP contribution in [0.3, 0.4) is 0 Å². The summed E-state index contributed by atoms with van der Waals surface area (Å²) in [4.78, 5) is 39.5. The number of hydrogen-bond acceptors (Lipinski definition) is 8. The summed E-state index contributed by atoms with van der Waals surface area (Å²) in [7, 11) is 0. The Morgan fingerprint density at radius 2 is 1.75 bits per heavy atom. The van der Waals surface area contributed by atoms with E-state index in [-0.39, 0.29) is 11.7 Å². The topological polar surface area (TPSA) is 129 Å². The number of carbonyl (C=O) groups is 3. The van der Waals surface area contributed by atoms with E-state index in [1.165, 1.54) is 12.1 Å². The van der Waals surface area contributed by atoms with Crippen molar-refractivity contribution in [2.75, 3.05) is 26.4 Å². The number of nitrogens with zero attached hydrogens (tertiary/aromatic N) is 1. The summed E-state index contributed by atoms with van der Waals surface area (Å²) >= 11 is -1.83. The SMILES string of the molecule is CC(C)(C)[S@@+]([O-])N[C@@H](c1cc(OC2CCOCC2)ccc1F)[C@@H](F)C[C@@H]1C(=O)NC(=O)N(C2CCOCC2)C1=O. The molecule has 0 spiro atoms. The van der Waals surface area contributed by atoms with Gasteiger partial charge in [-0.2, -0.15) is 0 Å². The molecule has 40 heavy (non-hydrogen) atoms. The van der Waals surface area contributed by atoms with E-state index in [4.69, 9.17) is 14.2 Å². The fourth-order valence-corrected chi connectivity index (χ4v) is 5.79. The Labute approximate surface area is 235 Å². The zero-order valence-electron chi connectivity index (χ0n) is 23.0. The smallest absolute Gasteiger partial charge is 0.331 e. The van der Waals surface area contributed by atoms with Gasteiger partial charge in [0.05, 0.1) is 13.2 Å². The van der Waals surface area contributed by atoms with E-state index in [2.05, 4.69) is 10.0 Å². The van der Waals surface area contributed by atoms with Crippen LogP contribution in [0.2, 0.25) is 0 Å². The van der Waals surface area contributed by atoms with Gasteiger partial charge in [-0.05, 0) is 51.8 Å². The molecular weight excluding hydrogens is 548 g/mol. The number of barbiturate groups is 1. The van der Waals surface area contributed by atoms with Crippen LogP contribution in [0.25, 0.3) is 0 Å². The number of nitrogens with one attached hydrogen (secondary N) is 2. The first kappa shape index (κ1) is 30.6. The lowest BCUT2D eigenvalue weighted by Crippen LogP contribution is -2.62. The quantitative estimate of drug-likeness (QED) is 0.334. The minimum absolute atomic E-state index is 0.143. The summed E-state index contributed by atoms with van der Waals surface area (Å²) in [6, 6.07) is 1.14. The van der Waals surface area contributed by atoms with Gasteiger partial charge in [0.15, 0.2) is 0 Å². The summed E-state index contributed by atoms with van der Waals surface area (Å²) in [6.07, 6.45) is -0.728. The van der Waals surface area contributed by atoms with Gasteiger partial charge in [0.2, 0.25) is 11.8 Å². The number of alkyl halides is 1. The Morgan fingerprint density at radius 3 is 2.38 bits per heavy atom. The molecule has 1 aromatic carbocycles. The lowest BCUT2D eigenvalue weighted by molar-refractivity contribution is -0.146. The van der Waals surface area contributed by atoms with Crippen LogP contribution >= 0.6 is 0 Å². The van der Waals surface area contributed by atoms with Crippen molar-refractivity contribution in [1.82, 2.24) is 14.9 Å². The minimum atomic E-state index is -2.02. The Balaban J connectivity index is 1.59. The van der Waals surface area contributed by atoms with E-state index < -0.39 is 70.4 Å². The lowest BCUT2D eigenvalue weighted by Gasteiger charge is -2.38. The van der Waals surface area contributed by atoms with Crippen molar-refractivity contribution in [1.29, 1.82) is 0 Å². The second-order valence-corrected chi connectivity index (χ2v) is 13.2. The predicted octanol–water partition coefficient (Wildman–Crippen LogP) is 3.08. The summed E-state index contributed by atoms with van der Waals surface area (Å²) < 4.78 is 62.9.